The average molecular weight is 236 g/mol. The van der Waals surface area contributed by atoms with E-state index in [2.05, 4.69) is 0 Å². The number of rotatable bonds is 0. The maximum Gasteiger partial charge on any atom is 0.263 e. The van der Waals surface area contributed by atoms with Crippen LogP contribution < -0.4 is 5.56 Å². The molecule has 3 aromatic rings. The molecule has 0 saturated carbocycles. The highest BCUT2D eigenvalue weighted by molar-refractivity contribution is 7.15. The van der Waals surface area contributed by atoms with Crippen LogP contribution in [0.5, 0.6) is 0 Å². The van der Waals surface area contributed by atoms with Crippen LogP contribution in [0.25, 0.3) is 15.6 Å². The normalized spacial score (nSPS) is 11.3. The van der Waals surface area contributed by atoms with E-state index in [9.17, 15) is 4.79 Å². The Morgan fingerprint density at radius 3 is 3.00 bits per heavy atom. The number of fused-ring (bicyclic) bond motifs is 2. The van der Waals surface area contributed by atoms with Crippen LogP contribution in [0.15, 0.2) is 40.6 Å². The molecule has 2 heterocycles. The van der Waals surface area contributed by atoms with Gasteiger partial charge in [-0.15, -0.1) is 11.3 Å². The molecule has 2 aromatic heterocycles. The van der Waals surface area contributed by atoms with Crippen molar-refractivity contribution in [1.29, 1.82) is 0 Å². The zero-order valence-electron chi connectivity index (χ0n) is 7.61. The minimum absolute atomic E-state index is 0.00810. The van der Waals surface area contributed by atoms with E-state index in [4.69, 9.17) is 11.6 Å². The summed E-state index contributed by atoms with van der Waals surface area (Å²) in [6.45, 7) is 0. The second-order valence-electron chi connectivity index (χ2n) is 3.29. The number of benzene rings is 1. The lowest BCUT2D eigenvalue weighted by Gasteiger charge is -1.99. The molecule has 0 amide bonds. The molecule has 0 aliphatic carbocycles. The van der Waals surface area contributed by atoms with Gasteiger partial charge in [0.15, 0.2) is 0 Å². The van der Waals surface area contributed by atoms with Gasteiger partial charge in [0.1, 0.15) is 4.83 Å². The van der Waals surface area contributed by atoms with Crippen LogP contribution in [-0.2, 0) is 0 Å². The van der Waals surface area contributed by atoms with Gasteiger partial charge in [-0.1, -0.05) is 17.7 Å². The van der Waals surface area contributed by atoms with Gasteiger partial charge in [0.05, 0.1) is 0 Å². The van der Waals surface area contributed by atoms with Crippen LogP contribution in [-0.4, -0.2) is 4.40 Å². The Balaban J connectivity index is 2.64. The Kier molecular flexibility index (Phi) is 1.84. The third-order valence-corrected chi connectivity index (χ3v) is 3.43. The maximum atomic E-state index is 12.0. The molecular formula is C11H6ClNOS. The predicted molar refractivity (Wildman–Crippen MR) is 64.1 cm³/mol. The SMILES string of the molecule is O=c1c2cc(Cl)ccc2cc2sccn12. The molecule has 0 radical (unpaired) electrons. The summed E-state index contributed by atoms with van der Waals surface area (Å²) >= 11 is 7.42. The fourth-order valence-electron chi connectivity index (χ4n) is 1.66. The number of nitrogens with zero attached hydrogens (tertiary/aromatic N) is 1. The van der Waals surface area contributed by atoms with Crippen molar-refractivity contribution in [2.24, 2.45) is 0 Å². The monoisotopic (exact) mass is 235 g/mol. The number of thiazole rings is 1. The summed E-state index contributed by atoms with van der Waals surface area (Å²) in [7, 11) is 0. The lowest BCUT2D eigenvalue weighted by molar-refractivity contribution is 1.15. The molecule has 15 heavy (non-hydrogen) atoms. The first-order chi connectivity index (χ1) is 7.25. The number of halogens is 1. The first kappa shape index (κ1) is 8.95. The van der Waals surface area contributed by atoms with E-state index in [1.54, 1.807) is 34.1 Å². The van der Waals surface area contributed by atoms with Gasteiger partial charge < -0.3 is 0 Å². The van der Waals surface area contributed by atoms with E-state index in [-0.39, 0.29) is 5.56 Å². The van der Waals surface area contributed by atoms with Gasteiger partial charge in [0.2, 0.25) is 0 Å². The fourth-order valence-corrected chi connectivity index (χ4v) is 2.61. The average Bonchev–Trinajstić information content (AvgIpc) is 2.68. The van der Waals surface area contributed by atoms with E-state index >= 15 is 0 Å². The molecule has 0 saturated heterocycles. The van der Waals surface area contributed by atoms with E-state index in [0.29, 0.717) is 10.4 Å². The van der Waals surface area contributed by atoms with Gasteiger partial charge >= 0.3 is 0 Å². The summed E-state index contributed by atoms with van der Waals surface area (Å²) in [6, 6.07) is 7.38. The van der Waals surface area contributed by atoms with Gasteiger partial charge in [-0.25, -0.2) is 0 Å². The third-order valence-electron chi connectivity index (χ3n) is 2.38. The van der Waals surface area contributed by atoms with Crippen LogP contribution in [0.1, 0.15) is 0 Å². The summed E-state index contributed by atoms with van der Waals surface area (Å²) in [4.78, 5) is 13.0. The molecule has 0 bridgehead atoms. The highest BCUT2D eigenvalue weighted by atomic mass is 35.5. The Morgan fingerprint density at radius 1 is 1.27 bits per heavy atom. The Morgan fingerprint density at radius 2 is 2.13 bits per heavy atom. The maximum absolute atomic E-state index is 12.0. The smallest absolute Gasteiger partial charge is 0.263 e. The number of hydrogen-bond donors (Lipinski definition) is 0. The molecule has 3 rings (SSSR count). The van der Waals surface area contributed by atoms with Crippen LogP contribution in [0.2, 0.25) is 5.02 Å². The van der Waals surface area contributed by atoms with Crippen molar-refractivity contribution in [2.45, 2.75) is 0 Å². The second kappa shape index (κ2) is 3.08. The van der Waals surface area contributed by atoms with E-state index in [0.717, 1.165) is 10.2 Å². The van der Waals surface area contributed by atoms with Crippen LogP contribution in [0.4, 0.5) is 0 Å². The van der Waals surface area contributed by atoms with Crippen molar-refractivity contribution in [3.05, 3.63) is 51.2 Å². The van der Waals surface area contributed by atoms with Crippen molar-refractivity contribution in [3.8, 4) is 0 Å². The summed E-state index contributed by atoms with van der Waals surface area (Å²) in [5.41, 5.74) is -0.00810. The number of aromatic nitrogens is 1. The molecule has 0 spiro atoms. The number of pyridine rings is 1. The van der Waals surface area contributed by atoms with E-state index in [1.807, 2.05) is 17.5 Å². The minimum atomic E-state index is -0.00810. The Labute approximate surface area is 94.3 Å². The molecule has 4 heteroatoms. The molecule has 0 N–H and O–H groups in total. The second-order valence-corrected chi connectivity index (χ2v) is 4.65. The first-order valence-corrected chi connectivity index (χ1v) is 5.69. The molecule has 0 aliphatic heterocycles. The van der Waals surface area contributed by atoms with E-state index < -0.39 is 0 Å². The van der Waals surface area contributed by atoms with Crippen LogP contribution in [0, 0.1) is 0 Å². The van der Waals surface area contributed by atoms with Gasteiger partial charge in [-0.3, -0.25) is 9.20 Å². The molecule has 2 nitrogen and oxygen atoms in total. The fraction of sp³-hybridized carbons (Fsp3) is 0. The van der Waals surface area contributed by atoms with Crippen LogP contribution >= 0.6 is 22.9 Å². The lowest BCUT2D eigenvalue weighted by Crippen LogP contribution is -2.10. The highest BCUT2D eigenvalue weighted by Gasteiger charge is 2.04. The van der Waals surface area contributed by atoms with Gasteiger partial charge in [-0.2, -0.15) is 0 Å². The summed E-state index contributed by atoms with van der Waals surface area (Å²) in [6.07, 6.45) is 1.78. The van der Waals surface area contributed by atoms with Gasteiger partial charge in [0, 0.05) is 22.0 Å². The first-order valence-electron chi connectivity index (χ1n) is 4.44. The van der Waals surface area contributed by atoms with Crippen molar-refractivity contribution >= 4 is 38.5 Å². The quantitative estimate of drug-likeness (QED) is 0.587. The van der Waals surface area contributed by atoms with Crippen molar-refractivity contribution in [3.63, 3.8) is 0 Å². The lowest BCUT2D eigenvalue weighted by atomic mass is 10.2. The molecular weight excluding hydrogens is 230 g/mol. The molecule has 0 fully saturated rings. The summed E-state index contributed by atoms with van der Waals surface area (Å²) in [5, 5.41) is 4.09. The molecule has 0 unspecified atom stereocenters. The van der Waals surface area contributed by atoms with Gasteiger partial charge in [-0.05, 0) is 23.6 Å². The zero-order valence-corrected chi connectivity index (χ0v) is 9.18. The standard InChI is InChI=1S/C11H6ClNOS/c12-8-2-1-7-5-10-13(3-4-15-10)11(14)9(7)6-8/h1-6H. The van der Waals surface area contributed by atoms with Crippen LogP contribution in [0.3, 0.4) is 0 Å². The zero-order chi connectivity index (χ0) is 10.4. The Bertz CT molecular complexity index is 713. The largest absolute Gasteiger partial charge is 0.274 e. The predicted octanol–water partition coefficient (Wildman–Crippen LogP) is 3.17. The molecule has 1 aromatic carbocycles. The molecule has 0 atom stereocenters. The van der Waals surface area contributed by atoms with Gasteiger partial charge in [0.25, 0.3) is 5.56 Å². The third kappa shape index (κ3) is 1.28. The van der Waals surface area contributed by atoms with Crippen molar-refractivity contribution in [2.75, 3.05) is 0 Å². The topological polar surface area (TPSA) is 21.5 Å². The summed E-state index contributed by atoms with van der Waals surface area (Å²) < 4.78 is 1.64. The molecule has 0 aliphatic rings. The summed E-state index contributed by atoms with van der Waals surface area (Å²) in [5.74, 6) is 0. The Hall–Kier alpha value is -1.32. The van der Waals surface area contributed by atoms with Crippen molar-refractivity contribution < 1.29 is 0 Å². The molecule has 74 valence electrons. The minimum Gasteiger partial charge on any atom is -0.274 e. The number of hydrogen-bond acceptors (Lipinski definition) is 2. The van der Waals surface area contributed by atoms with E-state index in [1.165, 1.54) is 0 Å². The van der Waals surface area contributed by atoms with Crippen molar-refractivity contribution in [1.82, 2.24) is 4.40 Å². The highest BCUT2D eigenvalue weighted by Crippen LogP contribution is 2.20.